The van der Waals surface area contributed by atoms with E-state index in [9.17, 15) is 9.59 Å². The van der Waals surface area contributed by atoms with Crippen LogP contribution in [0.1, 0.15) is 12.8 Å². The molecule has 0 aromatic rings. The highest BCUT2D eigenvalue weighted by Crippen LogP contribution is 2.14. The van der Waals surface area contributed by atoms with Gasteiger partial charge in [-0.05, 0) is 12.8 Å². The summed E-state index contributed by atoms with van der Waals surface area (Å²) in [4.78, 5) is 20.8. The predicted octanol–water partition coefficient (Wildman–Crippen LogP) is 0.181. The van der Waals surface area contributed by atoms with E-state index >= 15 is 0 Å². The van der Waals surface area contributed by atoms with Crippen molar-refractivity contribution in [2.45, 2.75) is 12.8 Å². The largest absolute Gasteiger partial charge is 0.381 e. The Morgan fingerprint density at radius 3 is 2.50 bits per heavy atom. The maximum absolute atomic E-state index is 10.7. The number of ketones is 1. The first-order valence-corrected chi connectivity index (χ1v) is 3.41. The molecule has 1 aliphatic heterocycles. The first-order valence-electron chi connectivity index (χ1n) is 3.41. The minimum atomic E-state index is -0.275. The lowest BCUT2D eigenvalue weighted by Gasteiger charge is -2.18. The second-order valence-corrected chi connectivity index (χ2v) is 2.41. The van der Waals surface area contributed by atoms with Crippen molar-refractivity contribution in [2.75, 3.05) is 13.2 Å². The molecule has 1 saturated heterocycles. The molecule has 3 nitrogen and oxygen atoms in total. The zero-order chi connectivity index (χ0) is 7.40. The molecule has 3 heteroatoms. The third kappa shape index (κ3) is 1.64. The van der Waals surface area contributed by atoms with Gasteiger partial charge in [-0.2, -0.15) is 0 Å². The standard InChI is InChI=1S/C7H10O3/c8-5-7(9)6-1-3-10-4-2-6/h5-6H,1-4H2. The monoisotopic (exact) mass is 142 g/mol. The summed E-state index contributed by atoms with van der Waals surface area (Å²) in [5, 5.41) is 0. The van der Waals surface area contributed by atoms with Crippen molar-refractivity contribution in [1.82, 2.24) is 0 Å². The topological polar surface area (TPSA) is 43.4 Å². The van der Waals surface area contributed by atoms with Crippen LogP contribution in [0.25, 0.3) is 0 Å². The number of carbonyl (C=O) groups excluding carboxylic acids is 2. The normalized spacial score (nSPS) is 20.4. The smallest absolute Gasteiger partial charge is 0.198 e. The Hall–Kier alpha value is -0.700. The van der Waals surface area contributed by atoms with E-state index in [0.717, 1.165) is 0 Å². The van der Waals surface area contributed by atoms with E-state index < -0.39 is 0 Å². The average Bonchev–Trinajstić information content (AvgIpc) is 2.05. The third-order valence-electron chi connectivity index (χ3n) is 1.74. The van der Waals surface area contributed by atoms with Gasteiger partial charge < -0.3 is 4.74 Å². The first-order chi connectivity index (χ1) is 4.84. The zero-order valence-corrected chi connectivity index (χ0v) is 5.71. The summed E-state index contributed by atoms with van der Waals surface area (Å²) in [7, 11) is 0. The molecular weight excluding hydrogens is 132 g/mol. The van der Waals surface area contributed by atoms with Crippen LogP contribution in [0.2, 0.25) is 0 Å². The minimum absolute atomic E-state index is 0.0637. The highest BCUT2D eigenvalue weighted by atomic mass is 16.5. The number of aldehydes is 1. The number of Topliss-reactive ketones (excluding diaryl/α,β-unsaturated/α-hetero) is 1. The summed E-state index contributed by atoms with van der Waals surface area (Å²) in [6.07, 6.45) is 1.82. The third-order valence-corrected chi connectivity index (χ3v) is 1.74. The Morgan fingerprint density at radius 1 is 1.40 bits per heavy atom. The molecule has 0 aliphatic carbocycles. The molecule has 56 valence electrons. The van der Waals surface area contributed by atoms with E-state index in [2.05, 4.69) is 0 Å². The number of ether oxygens (including phenoxy) is 1. The molecule has 1 aliphatic rings. The molecule has 10 heavy (non-hydrogen) atoms. The maximum atomic E-state index is 10.7. The number of rotatable bonds is 2. The minimum Gasteiger partial charge on any atom is -0.381 e. The van der Waals surface area contributed by atoms with Crippen LogP contribution in [0.5, 0.6) is 0 Å². The van der Waals surface area contributed by atoms with Crippen LogP contribution in [-0.4, -0.2) is 25.3 Å². The van der Waals surface area contributed by atoms with Crippen molar-refractivity contribution < 1.29 is 14.3 Å². The quantitative estimate of drug-likeness (QED) is 0.408. The summed E-state index contributed by atoms with van der Waals surface area (Å²) in [5.74, 6) is -0.338. The number of hydrogen-bond acceptors (Lipinski definition) is 3. The van der Waals surface area contributed by atoms with Crippen LogP contribution in [0.3, 0.4) is 0 Å². The molecule has 1 rings (SSSR count). The first kappa shape index (κ1) is 7.41. The molecule has 0 aromatic carbocycles. The van der Waals surface area contributed by atoms with Crippen molar-refractivity contribution in [3.05, 3.63) is 0 Å². The molecule has 0 amide bonds. The summed E-state index contributed by atoms with van der Waals surface area (Å²) >= 11 is 0. The molecule has 0 bridgehead atoms. The van der Waals surface area contributed by atoms with E-state index in [1.165, 1.54) is 0 Å². The summed E-state index contributed by atoms with van der Waals surface area (Å²) in [5.41, 5.74) is 0. The fourth-order valence-electron chi connectivity index (χ4n) is 1.08. The van der Waals surface area contributed by atoms with Gasteiger partial charge in [0.25, 0.3) is 0 Å². The molecule has 0 spiro atoms. The van der Waals surface area contributed by atoms with Crippen molar-refractivity contribution in [3.8, 4) is 0 Å². The van der Waals surface area contributed by atoms with E-state index in [1.54, 1.807) is 0 Å². The molecule has 1 fully saturated rings. The van der Waals surface area contributed by atoms with Gasteiger partial charge in [0.1, 0.15) is 0 Å². The average molecular weight is 142 g/mol. The Morgan fingerprint density at radius 2 is 2.00 bits per heavy atom. The van der Waals surface area contributed by atoms with Gasteiger partial charge in [0.15, 0.2) is 12.1 Å². The Kier molecular flexibility index (Phi) is 2.57. The lowest BCUT2D eigenvalue weighted by molar-refractivity contribution is -0.134. The van der Waals surface area contributed by atoms with Crippen molar-refractivity contribution in [2.24, 2.45) is 5.92 Å². The molecule has 0 saturated carbocycles. The second-order valence-electron chi connectivity index (χ2n) is 2.41. The molecular formula is C7H10O3. The summed E-state index contributed by atoms with van der Waals surface area (Å²) < 4.78 is 5.03. The van der Waals surface area contributed by atoms with Crippen LogP contribution in [0.15, 0.2) is 0 Å². The van der Waals surface area contributed by atoms with Crippen molar-refractivity contribution in [3.63, 3.8) is 0 Å². The summed E-state index contributed by atoms with van der Waals surface area (Å²) in [6, 6.07) is 0. The van der Waals surface area contributed by atoms with Crippen LogP contribution < -0.4 is 0 Å². The van der Waals surface area contributed by atoms with E-state index in [-0.39, 0.29) is 11.7 Å². The van der Waals surface area contributed by atoms with Crippen LogP contribution in [0.4, 0.5) is 0 Å². The van der Waals surface area contributed by atoms with Gasteiger partial charge in [0.05, 0.1) is 0 Å². The lowest BCUT2D eigenvalue weighted by Crippen LogP contribution is -2.23. The Balaban J connectivity index is 2.38. The fraction of sp³-hybridized carbons (Fsp3) is 0.714. The molecule has 0 unspecified atom stereocenters. The van der Waals surface area contributed by atoms with Crippen LogP contribution >= 0.6 is 0 Å². The van der Waals surface area contributed by atoms with E-state index in [0.29, 0.717) is 32.3 Å². The highest BCUT2D eigenvalue weighted by Gasteiger charge is 2.20. The van der Waals surface area contributed by atoms with Crippen LogP contribution in [-0.2, 0) is 14.3 Å². The van der Waals surface area contributed by atoms with Crippen molar-refractivity contribution >= 4 is 12.1 Å². The van der Waals surface area contributed by atoms with Gasteiger partial charge in [-0.25, -0.2) is 0 Å². The van der Waals surface area contributed by atoms with Gasteiger partial charge in [-0.1, -0.05) is 0 Å². The van der Waals surface area contributed by atoms with E-state index in [1.807, 2.05) is 0 Å². The highest BCUT2D eigenvalue weighted by molar-refractivity contribution is 6.25. The number of hydrogen-bond donors (Lipinski definition) is 0. The SMILES string of the molecule is O=CC(=O)C1CCOCC1. The van der Waals surface area contributed by atoms with Gasteiger partial charge in [-0.15, -0.1) is 0 Å². The lowest BCUT2D eigenvalue weighted by atomic mass is 9.96. The number of carbonyl (C=O) groups is 2. The molecule has 0 aromatic heterocycles. The van der Waals surface area contributed by atoms with Gasteiger partial charge in [-0.3, -0.25) is 9.59 Å². The second kappa shape index (κ2) is 3.46. The fourth-order valence-corrected chi connectivity index (χ4v) is 1.08. The Labute approximate surface area is 59.4 Å². The van der Waals surface area contributed by atoms with E-state index in [4.69, 9.17) is 4.74 Å². The van der Waals surface area contributed by atoms with Crippen LogP contribution in [0, 0.1) is 5.92 Å². The zero-order valence-electron chi connectivity index (χ0n) is 5.71. The predicted molar refractivity (Wildman–Crippen MR) is 34.6 cm³/mol. The van der Waals surface area contributed by atoms with Gasteiger partial charge >= 0.3 is 0 Å². The molecule has 1 heterocycles. The molecule has 0 N–H and O–H groups in total. The van der Waals surface area contributed by atoms with Gasteiger partial charge in [0, 0.05) is 19.1 Å². The molecule has 0 atom stereocenters. The van der Waals surface area contributed by atoms with Crippen molar-refractivity contribution in [1.29, 1.82) is 0 Å². The summed E-state index contributed by atoms with van der Waals surface area (Å²) in [6.45, 7) is 1.23. The Bertz CT molecular complexity index is 136. The maximum Gasteiger partial charge on any atom is 0.198 e. The van der Waals surface area contributed by atoms with Gasteiger partial charge in [0.2, 0.25) is 0 Å². The molecule has 0 radical (unpaired) electrons.